The predicted octanol–water partition coefficient (Wildman–Crippen LogP) is 1.35. The summed E-state index contributed by atoms with van der Waals surface area (Å²) in [6.45, 7) is 2.53. The van der Waals surface area contributed by atoms with E-state index in [-0.39, 0.29) is 18.5 Å². The fourth-order valence-electron chi connectivity index (χ4n) is 2.51. The van der Waals surface area contributed by atoms with Crippen LogP contribution in [0.4, 0.5) is 5.82 Å². The first-order valence-electron chi connectivity index (χ1n) is 7.35. The van der Waals surface area contributed by atoms with Crippen molar-refractivity contribution in [2.24, 2.45) is 0 Å². The number of benzene rings is 1. The van der Waals surface area contributed by atoms with Crippen molar-refractivity contribution >= 4 is 17.6 Å². The van der Waals surface area contributed by atoms with Crippen LogP contribution < -0.4 is 10.6 Å². The second-order valence-electron chi connectivity index (χ2n) is 5.30. The third kappa shape index (κ3) is 3.57. The molecule has 2 amide bonds. The molecule has 0 saturated heterocycles. The maximum Gasteiger partial charge on any atom is 0.314 e. The zero-order chi connectivity index (χ0) is 16.2. The normalized spacial score (nSPS) is 16.5. The van der Waals surface area contributed by atoms with E-state index >= 15 is 0 Å². The number of anilines is 1. The molecule has 0 unspecified atom stereocenters. The topological polar surface area (TPSA) is 93.5 Å². The average Bonchev–Trinajstić information content (AvgIpc) is 2.97. The Morgan fingerprint density at radius 3 is 2.91 bits per heavy atom. The van der Waals surface area contributed by atoms with Crippen molar-refractivity contribution in [2.45, 2.75) is 19.4 Å². The Morgan fingerprint density at radius 2 is 2.13 bits per heavy atom. The van der Waals surface area contributed by atoms with Crippen molar-refractivity contribution in [1.82, 2.24) is 10.5 Å². The van der Waals surface area contributed by atoms with Crippen LogP contribution >= 0.6 is 0 Å². The molecule has 23 heavy (non-hydrogen) atoms. The minimum absolute atomic E-state index is 0.210. The van der Waals surface area contributed by atoms with Crippen molar-refractivity contribution in [3.63, 3.8) is 0 Å². The van der Waals surface area contributed by atoms with Crippen LogP contribution in [0.25, 0.3) is 0 Å². The standard InChI is InChI=1S/C16H17N3O4/c1-10-8-14(19-23-10)18-16(21)15(20)17-9-13-12-5-3-2-4-11(12)6-7-22-13/h2-5,8,13H,6-7,9H2,1H3,(H,17,20)(H,18,19,21)/t13-/m1/s1. The number of rotatable bonds is 3. The molecule has 1 aromatic carbocycles. The molecule has 0 saturated carbocycles. The highest BCUT2D eigenvalue weighted by Crippen LogP contribution is 2.26. The van der Waals surface area contributed by atoms with Crippen LogP contribution in [-0.4, -0.2) is 30.1 Å². The van der Waals surface area contributed by atoms with Crippen molar-refractivity contribution in [1.29, 1.82) is 0 Å². The summed E-state index contributed by atoms with van der Waals surface area (Å²) < 4.78 is 10.5. The quantitative estimate of drug-likeness (QED) is 0.834. The van der Waals surface area contributed by atoms with Crippen molar-refractivity contribution in [3.8, 4) is 0 Å². The molecule has 0 spiro atoms. The van der Waals surface area contributed by atoms with Gasteiger partial charge in [0.1, 0.15) is 11.9 Å². The van der Waals surface area contributed by atoms with Gasteiger partial charge in [-0.05, 0) is 24.5 Å². The van der Waals surface area contributed by atoms with E-state index in [4.69, 9.17) is 9.26 Å². The number of hydrogen-bond donors (Lipinski definition) is 2. The number of aromatic nitrogens is 1. The molecule has 1 atom stereocenters. The highest BCUT2D eigenvalue weighted by Gasteiger charge is 2.22. The van der Waals surface area contributed by atoms with Gasteiger partial charge in [-0.25, -0.2) is 0 Å². The van der Waals surface area contributed by atoms with Gasteiger partial charge in [-0.2, -0.15) is 0 Å². The molecule has 0 radical (unpaired) electrons. The molecule has 2 N–H and O–H groups in total. The highest BCUT2D eigenvalue weighted by atomic mass is 16.5. The first-order valence-corrected chi connectivity index (χ1v) is 7.35. The first-order chi connectivity index (χ1) is 11.1. The van der Waals surface area contributed by atoms with E-state index in [1.807, 2.05) is 24.3 Å². The molecule has 0 aliphatic carbocycles. The molecule has 0 fully saturated rings. The Balaban J connectivity index is 1.56. The van der Waals surface area contributed by atoms with Gasteiger partial charge in [-0.1, -0.05) is 29.4 Å². The summed E-state index contributed by atoms with van der Waals surface area (Å²) in [6, 6.07) is 9.47. The Bertz CT molecular complexity index is 726. The molecular weight excluding hydrogens is 298 g/mol. The van der Waals surface area contributed by atoms with Crippen molar-refractivity contribution in [3.05, 3.63) is 47.2 Å². The Hall–Kier alpha value is -2.67. The minimum atomic E-state index is -0.789. The van der Waals surface area contributed by atoms with Crippen LogP contribution in [-0.2, 0) is 20.7 Å². The van der Waals surface area contributed by atoms with Crippen LogP contribution in [0, 0.1) is 6.92 Å². The van der Waals surface area contributed by atoms with Crippen LogP contribution in [0.2, 0.25) is 0 Å². The molecule has 7 heteroatoms. The van der Waals surface area contributed by atoms with E-state index in [9.17, 15) is 9.59 Å². The van der Waals surface area contributed by atoms with Gasteiger partial charge in [-0.3, -0.25) is 14.9 Å². The summed E-state index contributed by atoms with van der Waals surface area (Å²) in [5.41, 5.74) is 2.26. The highest BCUT2D eigenvalue weighted by molar-refractivity contribution is 6.39. The number of nitrogens with one attached hydrogen (secondary N) is 2. The fourth-order valence-corrected chi connectivity index (χ4v) is 2.51. The van der Waals surface area contributed by atoms with Gasteiger partial charge in [0.05, 0.1) is 6.61 Å². The van der Waals surface area contributed by atoms with Gasteiger partial charge in [0.2, 0.25) is 0 Å². The lowest BCUT2D eigenvalue weighted by molar-refractivity contribution is -0.136. The molecule has 7 nitrogen and oxygen atoms in total. The first kappa shape index (κ1) is 15.2. The van der Waals surface area contributed by atoms with E-state index in [1.165, 1.54) is 11.6 Å². The van der Waals surface area contributed by atoms with E-state index in [0.29, 0.717) is 12.4 Å². The van der Waals surface area contributed by atoms with E-state index < -0.39 is 11.8 Å². The molecular formula is C16H17N3O4. The summed E-state index contributed by atoms with van der Waals surface area (Å²) in [5.74, 6) is -0.769. The molecule has 1 aromatic heterocycles. The molecule has 3 rings (SSSR count). The van der Waals surface area contributed by atoms with Crippen molar-refractivity contribution in [2.75, 3.05) is 18.5 Å². The number of carbonyl (C=O) groups excluding carboxylic acids is 2. The van der Waals surface area contributed by atoms with E-state index in [0.717, 1.165) is 12.0 Å². The van der Waals surface area contributed by atoms with Gasteiger partial charge in [0, 0.05) is 12.6 Å². The number of amides is 2. The molecule has 2 aromatic rings. The second-order valence-corrected chi connectivity index (χ2v) is 5.30. The third-order valence-electron chi connectivity index (χ3n) is 3.62. The maximum atomic E-state index is 11.9. The van der Waals surface area contributed by atoms with E-state index in [1.54, 1.807) is 6.92 Å². The summed E-state index contributed by atoms with van der Waals surface area (Å²) >= 11 is 0. The summed E-state index contributed by atoms with van der Waals surface area (Å²) in [6.07, 6.45) is 0.609. The van der Waals surface area contributed by atoms with Crippen LogP contribution in [0.3, 0.4) is 0 Å². The monoisotopic (exact) mass is 315 g/mol. The van der Waals surface area contributed by atoms with Gasteiger partial charge >= 0.3 is 11.8 Å². The lowest BCUT2D eigenvalue weighted by Crippen LogP contribution is -2.39. The Kier molecular flexibility index (Phi) is 4.38. The van der Waals surface area contributed by atoms with E-state index in [2.05, 4.69) is 15.8 Å². The third-order valence-corrected chi connectivity index (χ3v) is 3.62. The number of hydrogen-bond acceptors (Lipinski definition) is 5. The largest absolute Gasteiger partial charge is 0.371 e. The minimum Gasteiger partial charge on any atom is -0.371 e. The summed E-state index contributed by atoms with van der Waals surface area (Å²) in [7, 11) is 0. The number of ether oxygens (including phenoxy) is 1. The van der Waals surface area contributed by atoms with Gasteiger partial charge in [0.15, 0.2) is 5.82 Å². The maximum absolute atomic E-state index is 11.9. The SMILES string of the molecule is Cc1cc(NC(=O)C(=O)NC[C@H]2OCCc3ccccc32)no1. The average molecular weight is 315 g/mol. The number of nitrogens with zero attached hydrogens (tertiary/aromatic N) is 1. The number of aryl methyl sites for hydroxylation is 1. The molecule has 120 valence electrons. The lowest BCUT2D eigenvalue weighted by atomic mass is 9.97. The smallest absolute Gasteiger partial charge is 0.314 e. The van der Waals surface area contributed by atoms with Crippen molar-refractivity contribution < 1.29 is 18.8 Å². The van der Waals surface area contributed by atoms with Crippen LogP contribution in [0.5, 0.6) is 0 Å². The van der Waals surface area contributed by atoms with Gasteiger partial charge < -0.3 is 14.6 Å². The molecule has 2 heterocycles. The lowest BCUT2D eigenvalue weighted by Gasteiger charge is -2.26. The number of carbonyl (C=O) groups is 2. The zero-order valence-electron chi connectivity index (χ0n) is 12.7. The molecule has 1 aliphatic rings. The summed E-state index contributed by atoms with van der Waals surface area (Å²) in [4.78, 5) is 23.7. The van der Waals surface area contributed by atoms with Crippen LogP contribution in [0.1, 0.15) is 23.0 Å². The Morgan fingerprint density at radius 1 is 1.30 bits per heavy atom. The summed E-state index contributed by atoms with van der Waals surface area (Å²) in [5, 5.41) is 8.56. The second kappa shape index (κ2) is 6.62. The molecule has 0 bridgehead atoms. The Labute approximate surface area is 133 Å². The number of fused-ring (bicyclic) bond motifs is 1. The fraction of sp³-hybridized carbons (Fsp3) is 0.312. The molecule has 1 aliphatic heterocycles. The van der Waals surface area contributed by atoms with Crippen LogP contribution in [0.15, 0.2) is 34.9 Å². The van der Waals surface area contributed by atoms with Gasteiger partial charge in [0.25, 0.3) is 0 Å². The zero-order valence-corrected chi connectivity index (χ0v) is 12.7. The van der Waals surface area contributed by atoms with Gasteiger partial charge in [-0.15, -0.1) is 0 Å². The predicted molar refractivity (Wildman–Crippen MR) is 81.7 cm³/mol.